The van der Waals surface area contributed by atoms with Crippen molar-refractivity contribution in [3.05, 3.63) is 28.7 Å². The molecule has 0 amide bonds. The number of ether oxygens (including phenoxy) is 1. The minimum absolute atomic E-state index is 0.0621. The van der Waals surface area contributed by atoms with Gasteiger partial charge in [0.1, 0.15) is 5.75 Å². The Balaban J connectivity index is 2.60. The second kappa shape index (κ2) is 3.47. The standard InChI is InChI=1S/C12H16N2O2/c1-8-12(2,3)10-7-9(16-4)5-6-11(10)14(8)13-15/h5-8H,1-4H3. The zero-order chi connectivity index (χ0) is 11.9. The molecule has 4 heteroatoms. The first-order valence-electron chi connectivity index (χ1n) is 5.33. The molecule has 1 aromatic rings. The van der Waals surface area contributed by atoms with Crippen molar-refractivity contribution in [2.24, 2.45) is 5.29 Å². The van der Waals surface area contributed by atoms with Crippen molar-refractivity contribution in [1.29, 1.82) is 0 Å². The number of nitrogens with zero attached hydrogens (tertiary/aromatic N) is 2. The van der Waals surface area contributed by atoms with Gasteiger partial charge in [0, 0.05) is 5.41 Å². The lowest BCUT2D eigenvalue weighted by atomic mass is 9.81. The monoisotopic (exact) mass is 220 g/mol. The normalized spacial score (nSPS) is 21.8. The van der Waals surface area contributed by atoms with Crippen molar-refractivity contribution < 1.29 is 4.74 Å². The van der Waals surface area contributed by atoms with Gasteiger partial charge in [-0.1, -0.05) is 13.8 Å². The van der Waals surface area contributed by atoms with Gasteiger partial charge >= 0.3 is 0 Å². The van der Waals surface area contributed by atoms with E-state index >= 15 is 0 Å². The molecule has 1 aromatic carbocycles. The topological polar surface area (TPSA) is 41.9 Å². The Labute approximate surface area is 95.2 Å². The van der Waals surface area contributed by atoms with Crippen LogP contribution in [0.3, 0.4) is 0 Å². The van der Waals surface area contributed by atoms with E-state index in [1.807, 2.05) is 25.1 Å². The third-order valence-corrected chi connectivity index (χ3v) is 3.64. The fraction of sp³-hybridized carbons (Fsp3) is 0.500. The highest BCUT2D eigenvalue weighted by molar-refractivity contribution is 5.64. The Morgan fingerprint density at radius 2 is 2.12 bits per heavy atom. The lowest BCUT2D eigenvalue weighted by Crippen LogP contribution is -2.35. The summed E-state index contributed by atoms with van der Waals surface area (Å²) in [5.41, 5.74) is 1.89. The van der Waals surface area contributed by atoms with E-state index in [0.717, 1.165) is 17.0 Å². The van der Waals surface area contributed by atoms with Crippen LogP contribution in [0.5, 0.6) is 5.75 Å². The van der Waals surface area contributed by atoms with E-state index in [9.17, 15) is 4.91 Å². The number of benzene rings is 1. The van der Waals surface area contributed by atoms with E-state index < -0.39 is 0 Å². The molecule has 2 rings (SSSR count). The first-order valence-corrected chi connectivity index (χ1v) is 5.33. The molecule has 1 aliphatic rings. The summed E-state index contributed by atoms with van der Waals surface area (Å²) < 4.78 is 5.21. The van der Waals surface area contributed by atoms with Crippen LogP contribution in [-0.2, 0) is 5.41 Å². The van der Waals surface area contributed by atoms with Gasteiger partial charge in [0.2, 0.25) is 0 Å². The maximum absolute atomic E-state index is 10.9. The Morgan fingerprint density at radius 3 is 2.69 bits per heavy atom. The molecule has 0 saturated heterocycles. The second-order valence-corrected chi connectivity index (χ2v) is 4.71. The van der Waals surface area contributed by atoms with Crippen LogP contribution in [0.1, 0.15) is 26.3 Å². The first kappa shape index (κ1) is 10.9. The Kier molecular flexibility index (Phi) is 2.37. The summed E-state index contributed by atoms with van der Waals surface area (Å²) in [4.78, 5) is 10.9. The third-order valence-electron chi connectivity index (χ3n) is 3.64. The number of anilines is 1. The summed E-state index contributed by atoms with van der Waals surface area (Å²) in [5, 5.41) is 4.64. The average Bonchev–Trinajstić information content (AvgIpc) is 2.47. The van der Waals surface area contributed by atoms with Crippen LogP contribution < -0.4 is 9.75 Å². The van der Waals surface area contributed by atoms with Crippen molar-refractivity contribution in [2.45, 2.75) is 32.2 Å². The predicted octanol–water partition coefficient (Wildman–Crippen LogP) is 2.86. The van der Waals surface area contributed by atoms with Gasteiger partial charge in [-0.05, 0) is 30.7 Å². The highest BCUT2D eigenvalue weighted by atomic mass is 16.5. The van der Waals surface area contributed by atoms with Crippen LogP contribution in [0, 0.1) is 4.91 Å². The molecule has 1 aliphatic heterocycles. The van der Waals surface area contributed by atoms with Gasteiger partial charge in [-0.2, -0.15) is 0 Å². The number of hydrogen-bond donors (Lipinski definition) is 0. The highest BCUT2D eigenvalue weighted by Crippen LogP contribution is 2.46. The number of methoxy groups -OCH3 is 1. The van der Waals surface area contributed by atoms with Crippen LogP contribution in [-0.4, -0.2) is 13.2 Å². The molecule has 16 heavy (non-hydrogen) atoms. The maximum atomic E-state index is 10.9. The summed E-state index contributed by atoms with van der Waals surface area (Å²) in [5.74, 6) is 0.812. The minimum Gasteiger partial charge on any atom is -0.497 e. The fourth-order valence-electron chi connectivity index (χ4n) is 2.21. The fourth-order valence-corrected chi connectivity index (χ4v) is 2.21. The molecule has 1 unspecified atom stereocenters. The van der Waals surface area contributed by atoms with Crippen molar-refractivity contribution in [3.63, 3.8) is 0 Å². The van der Waals surface area contributed by atoms with Gasteiger partial charge in [0.25, 0.3) is 0 Å². The van der Waals surface area contributed by atoms with Crippen LogP contribution in [0.15, 0.2) is 23.5 Å². The zero-order valence-corrected chi connectivity index (χ0v) is 10.0. The number of nitroso groups, excluding NO2 is 1. The van der Waals surface area contributed by atoms with E-state index in [0.29, 0.717) is 0 Å². The zero-order valence-electron chi connectivity index (χ0n) is 10.0. The molecule has 0 aromatic heterocycles. The van der Waals surface area contributed by atoms with Crippen molar-refractivity contribution in [2.75, 3.05) is 12.1 Å². The summed E-state index contributed by atoms with van der Waals surface area (Å²) in [6, 6.07) is 5.79. The van der Waals surface area contributed by atoms with E-state index in [1.165, 1.54) is 5.01 Å². The lowest BCUT2D eigenvalue weighted by molar-refractivity contribution is 0.410. The predicted molar refractivity (Wildman–Crippen MR) is 63.8 cm³/mol. The van der Waals surface area contributed by atoms with E-state index in [-0.39, 0.29) is 11.5 Å². The molecule has 0 saturated carbocycles. The molecule has 0 spiro atoms. The van der Waals surface area contributed by atoms with Gasteiger partial charge < -0.3 is 4.74 Å². The van der Waals surface area contributed by atoms with Crippen molar-refractivity contribution >= 4 is 5.69 Å². The summed E-state index contributed by atoms with van der Waals surface area (Å²) in [6.45, 7) is 6.23. The molecular formula is C12H16N2O2. The average molecular weight is 220 g/mol. The van der Waals surface area contributed by atoms with Gasteiger partial charge in [0.05, 0.1) is 24.1 Å². The number of rotatable bonds is 2. The van der Waals surface area contributed by atoms with Crippen LogP contribution in [0.2, 0.25) is 0 Å². The first-order chi connectivity index (χ1) is 7.52. The second-order valence-electron chi connectivity index (χ2n) is 4.71. The maximum Gasteiger partial charge on any atom is 0.119 e. The van der Waals surface area contributed by atoms with E-state index in [4.69, 9.17) is 4.74 Å². The molecule has 0 N–H and O–H groups in total. The summed E-state index contributed by atoms with van der Waals surface area (Å²) >= 11 is 0. The molecule has 0 aliphatic carbocycles. The van der Waals surface area contributed by atoms with Crippen LogP contribution >= 0.6 is 0 Å². The molecule has 86 valence electrons. The molecular weight excluding hydrogens is 204 g/mol. The summed E-state index contributed by atoms with van der Waals surface area (Å²) in [6.07, 6.45) is 0. The van der Waals surface area contributed by atoms with Crippen LogP contribution in [0.25, 0.3) is 0 Å². The molecule has 0 bridgehead atoms. The quantitative estimate of drug-likeness (QED) is 0.720. The third kappa shape index (κ3) is 1.29. The van der Waals surface area contributed by atoms with Gasteiger partial charge in [-0.3, -0.25) is 0 Å². The molecule has 1 heterocycles. The van der Waals surface area contributed by atoms with Crippen molar-refractivity contribution in [3.8, 4) is 5.75 Å². The molecule has 1 atom stereocenters. The summed E-state index contributed by atoms with van der Waals surface area (Å²) in [7, 11) is 1.64. The molecule has 0 fully saturated rings. The highest BCUT2D eigenvalue weighted by Gasteiger charge is 2.43. The smallest absolute Gasteiger partial charge is 0.119 e. The Morgan fingerprint density at radius 1 is 1.44 bits per heavy atom. The van der Waals surface area contributed by atoms with Gasteiger partial charge in [0.15, 0.2) is 0 Å². The van der Waals surface area contributed by atoms with E-state index in [1.54, 1.807) is 7.11 Å². The Hall–Kier alpha value is -1.58. The Bertz CT molecular complexity index is 429. The van der Waals surface area contributed by atoms with Crippen LogP contribution in [0.4, 0.5) is 5.69 Å². The van der Waals surface area contributed by atoms with E-state index in [2.05, 4.69) is 19.1 Å². The SMILES string of the molecule is COc1ccc2c(c1)C(C)(C)C(C)N2N=O. The largest absolute Gasteiger partial charge is 0.497 e. The minimum atomic E-state index is -0.0994. The number of fused-ring (bicyclic) bond motifs is 1. The van der Waals surface area contributed by atoms with Gasteiger partial charge in [-0.25, -0.2) is 5.01 Å². The number of hydrogen-bond acceptors (Lipinski definition) is 3. The van der Waals surface area contributed by atoms with Crippen molar-refractivity contribution in [1.82, 2.24) is 0 Å². The lowest BCUT2D eigenvalue weighted by Gasteiger charge is -2.26. The molecule has 4 nitrogen and oxygen atoms in total. The van der Waals surface area contributed by atoms with Gasteiger partial charge in [-0.15, -0.1) is 4.91 Å². The molecule has 0 radical (unpaired) electrons.